The maximum Gasteiger partial charge on any atom is 0.254 e. The van der Waals surface area contributed by atoms with Gasteiger partial charge in [0.05, 0.1) is 16.8 Å². The molecular weight excluding hydrogens is 320 g/mol. The third kappa shape index (κ3) is 3.34. The van der Waals surface area contributed by atoms with E-state index in [1.807, 2.05) is 35.2 Å². The first-order valence-electron chi connectivity index (χ1n) is 9.48. The van der Waals surface area contributed by atoms with Gasteiger partial charge in [0.2, 0.25) is 0 Å². The van der Waals surface area contributed by atoms with Crippen LogP contribution in [0.4, 0.5) is 0 Å². The first-order valence-corrected chi connectivity index (χ1v) is 9.48. The van der Waals surface area contributed by atoms with Gasteiger partial charge in [-0.3, -0.25) is 4.79 Å². The predicted octanol–water partition coefficient (Wildman–Crippen LogP) is 5.23. The van der Waals surface area contributed by atoms with Gasteiger partial charge in [-0.1, -0.05) is 60.9 Å². The second-order valence-corrected chi connectivity index (χ2v) is 7.14. The highest BCUT2D eigenvalue weighted by Crippen LogP contribution is 2.26. The Labute approximate surface area is 154 Å². The molecule has 3 heteroatoms. The molecule has 1 aliphatic heterocycles. The lowest BCUT2D eigenvalue weighted by Gasteiger charge is -2.21. The number of amides is 1. The van der Waals surface area contributed by atoms with Gasteiger partial charge in [0.1, 0.15) is 0 Å². The average Bonchev–Trinajstić information content (AvgIpc) is 2.96. The van der Waals surface area contributed by atoms with Crippen molar-refractivity contribution in [3.05, 3.63) is 65.7 Å². The van der Waals surface area contributed by atoms with Crippen LogP contribution in [0.1, 0.15) is 41.6 Å². The van der Waals surface area contributed by atoms with E-state index in [0.717, 1.165) is 53.7 Å². The minimum absolute atomic E-state index is 0.138. The summed E-state index contributed by atoms with van der Waals surface area (Å²) in [5, 5.41) is 0.942. The van der Waals surface area contributed by atoms with Crippen molar-refractivity contribution in [2.45, 2.75) is 32.6 Å². The van der Waals surface area contributed by atoms with Crippen LogP contribution in [0.25, 0.3) is 22.2 Å². The second kappa shape index (κ2) is 7.28. The highest BCUT2D eigenvalue weighted by molar-refractivity contribution is 6.07. The maximum absolute atomic E-state index is 13.3. The minimum atomic E-state index is 0.138. The van der Waals surface area contributed by atoms with E-state index in [9.17, 15) is 4.79 Å². The fourth-order valence-corrected chi connectivity index (χ4v) is 3.67. The van der Waals surface area contributed by atoms with Crippen LogP contribution < -0.4 is 0 Å². The smallest absolute Gasteiger partial charge is 0.254 e. The zero-order valence-electron chi connectivity index (χ0n) is 15.2. The number of nitrogens with zero attached hydrogens (tertiary/aromatic N) is 2. The summed E-state index contributed by atoms with van der Waals surface area (Å²) >= 11 is 0. The number of para-hydroxylation sites is 1. The first kappa shape index (κ1) is 16.8. The van der Waals surface area contributed by atoms with Crippen molar-refractivity contribution in [2.24, 2.45) is 0 Å². The third-order valence-corrected chi connectivity index (χ3v) is 5.19. The fraction of sp³-hybridized carbons (Fsp3) is 0.304. The zero-order valence-corrected chi connectivity index (χ0v) is 15.2. The molecule has 4 rings (SSSR count). The lowest BCUT2D eigenvalue weighted by molar-refractivity contribution is 0.0763. The summed E-state index contributed by atoms with van der Waals surface area (Å²) < 4.78 is 0. The summed E-state index contributed by atoms with van der Waals surface area (Å²) in [6, 6.07) is 18.3. The van der Waals surface area contributed by atoms with Crippen LogP contribution in [-0.2, 0) is 0 Å². The van der Waals surface area contributed by atoms with Crippen molar-refractivity contribution in [1.29, 1.82) is 0 Å². The lowest BCUT2D eigenvalue weighted by atomic mass is 10.0. The molecule has 3 nitrogen and oxygen atoms in total. The Morgan fingerprint density at radius 3 is 2.35 bits per heavy atom. The van der Waals surface area contributed by atoms with Crippen LogP contribution >= 0.6 is 0 Å². The van der Waals surface area contributed by atoms with Crippen molar-refractivity contribution in [3.8, 4) is 11.3 Å². The number of carbonyl (C=O) groups is 1. The highest BCUT2D eigenvalue weighted by Gasteiger charge is 2.20. The quantitative estimate of drug-likeness (QED) is 0.638. The molecule has 1 saturated heterocycles. The average molecular weight is 344 g/mol. The molecule has 0 aliphatic carbocycles. The highest BCUT2D eigenvalue weighted by atomic mass is 16.2. The standard InChI is InChI=1S/C23H24N2O/c1-17-10-12-18(13-11-17)22-16-20(19-8-4-5-9-21(19)24-22)23(26)25-14-6-2-3-7-15-25/h4-5,8-13,16H,2-3,6-7,14-15H2,1H3. The Balaban J connectivity index is 1.81. The van der Waals surface area contributed by atoms with Gasteiger partial charge in [-0.05, 0) is 31.9 Å². The molecule has 0 spiro atoms. The summed E-state index contributed by atoms with van der Waals surface area (Å²) in [5.74, 6) is 0.138. The van der Waals surface area contributed by atoms with Crippen molar-refractivity contribution < 1.29 is 4.79 Å². The number of fused-ring (bicyclic) bond motifs is 1. The van der Waals surface area contributed by atoms with Gasteiger partial charge in [-0.25, -0.2) is 4.98 Å². The van der Waals surface area contributed by atoms with E-state index in [-0.39, 0.29) is 5.91 Å². The lowest BCUT2D eigenvalue weighted by Crippen LogP contribution is -2.32. The number of hydrogen-bond donors (Lipinski definition) is 0. The molecule has 1 fully saturated rings. The molecule has 2 heterocycles. The van der Waals surface area contributed by atoms with E-state index in [4.69, 9.17) is 4.98 Å². The SMILES string of the molecule is Cc1ccc(-c2cc(C(=O)N3CCCCCC3)c3ccccc3n2)cc1. The van der Waals surface area contributed by atoms with Crippen molar-refractivity contribution >= 4 is 16.8 Å². The maximum atomic E-state index is 13.3. The van der Waals surface area contributed by atoms with Crippen LogP contribution in [0, 0.1) is 6.92 Å². The van der Waals surface area contributed by atoms with Gasteiger partial charge < -0.3 is 4.90 Å². The molecule has 1 aliphatic rings. The number of pyridine rings is 1. The van der Waals surface area contributed by atoms with Crippen LogP contribution in [0.2, 0.25) is 0 Å². The summed E-state index contributed by atoms with van der Waals surface area (Å²) in [6.07, 6.45) is 4.63. The van der Waals surface area contributed by atoms with Gasteiger partial charge in [-0.2, -0.15) is 0 Å². The monoisotopic (exact) mass is 344 g/mol. The van der Waals surface area contributed by atoms with Crippen LogP contribution in [0.15, 0.2) is 54.6 Å². The molecule has 0 saturated carbocycles. The van der Waals surface area contributed by atoms with E-state index in [2.05, 4.69) is 31.2 Å². The summed E-state index contributed by atoms with van der Waals surface area (Å²) in [6.45, 7) is 3.79. The number of likely N-dealkylation sites (tertiary alicyclic amines) is 1. The van der Waals surface area contributed by atoms with E-state index in [1.54, 1.807) is 0 Å². The largest absolute Gasteiger partial charge is 0.339 e. The van der Waals surface area contributed by atoms with E-state index in [1.165, 1.54) is 18.4 Å². The molecule has 0 radical (unpaired) electrons. The first-order chi connectivity index (χ1) is 12.7. The number of benzene rings is 2. The van der Waals surface area contributed by atoms with Gasteiger partial charge in [0.25, 0.3) is 5.91 Å². The molecule has 1 amide bonds. The Bertz CT molecular complexity index is 923. The normalized spacial score (nSPS) is 15.0. The van der Waals surface area contributed by atoms with Gasteiger partial charge in [0.15, 0.2) is 0 Å². The van der Waals surface area contributed by atoms with Crippen molar-refractivity contribution in [3.63, 3.8) is 0 Å². The van der Waals surface area contributed by atoms with Crippen LogP contribution in [0.5, 0.6) is 0 Å². The van der Waals surface area contributed by atoms with E-state index < -0.39 is 0 Å². The Kier molecular flexibility index (Phi) is 4.70. The van der Waals surface area contributed by atoms with Crippen LogP contribution in [0.3, 0.4) is 0 Å². The molecular formula is C23H24N2O. The molecule has 26 heavy (non-hydrogen) atoms. The molecule has 132 valence electrons. The Morgan fingerprint density at radius 1 is 0.923 bits per heavy atom. The van der Waals surface area contributed by atoms with Crippen LogP contribution in [-0.4, -0.2) is 28.9 Å². The molecule has 0 N–H and O–H groups in total. The van der Waals surface area contributed by atoms with Crippen molar-refractivity contribution in [1.82, 2.24) is 9.88 Å². The summed E-state index contributed by atoms with van der Waals surface area (Å²) in [4.78, 5) is 20.1. The van der Waals surface area contributed by atoms with E-state index in [0.29, 0.717) is 0 Å². The second-order valence-electron chi connectivity index (χ2n) is 7.14. The molecule has 0 unspecified atom stereocenters. The minimum Gasteiger partial charge on any atom is -0.339 e. The van der Waals surface area contributed by atoms with Gasteiger partial charge in [-0.15, -0.1) is 0 Å². The third-order valence-electron chi connectivity index (χ3n) is 5.19. The topological polar surface area (TPSA) is 33.2 Å². The zero-order chi connectivity index (χ0) is 17.9. The van der Waals surface area contributed by atoms with Gasteiger partial charge in [0, 0.05) is 24.0 Å². The predicted molar refractivity (Wildman–Crippen MR) is 106 cm³/mol. The molecule has 0 bridgehead atoms. The Morgan fingerprint density at radius 2 is 1.62 bits per heavy atom. The number of aryl methyl sites for hydroxylation is 1. The number of carbonyl (C=O) groups excluding carboxylic acids is 1. The number of aromatic nitrogens is 1. The fourth-order valence-electron chi connectivity index (χ4n) is 3.67. The van der Waals surface area contributed by atoms with E-state index >= 15 is 0 Å². The molecule has 3 aromatic rings. The summed E-state index contributed by atoms with van der Waals surface area (Å²) in [7, 11) is 0. The van der Waals surface area contributed by atoms with Gasteiger partial charge >= 0.3 is 0 Å². The number of rotatable bonds is 2. The molecule has 1 aromatic heterocycles. The molecule has 2 aromatic carbocycles. The number of hydrogen-bond acceptors (Lipinski definition) is 2. The Hall–Kier alpha value is -2.68. The van der Waals surface area contributed by atoms with Crippen molar-refractivity contribution in [2.75, 3.05) is 13.1 Å². The molecule has 0 atom stereocenters. The summed E-state index contributed by atoms with van der Waals surface area (Å²) in [5.41, 5.74) is 4.78.